The van der Waals surface area contributed by atoms with Crippen molar-refractivity contribution in [3.8, 4) is 0 Å². The molecular formula is C19H22ClN3O2S. The molecule has 3 rings (SSSR count). The van der Waals surface area contributed by atoms with E-state index >= 15 is 0 Å². The summed E-state index contributed by atoms with van der Waals surface area (Å²) in [5.41, 5.74) is 7.98. The number of hydrogen-bond acceptors (Lipinski definition) is 4. The quantitative estimate of drug-likeness (QED) is 0.768. The molecule has 1 aliphatic rings. The molecule has 0 fully saturated rings. The van der Waals surface area contributed by atoms with Crippen LogP contribution < -0.4 is 11.1 Å². The first-order chi connectivity index (χ1) is 12.1. The monoisotopic (exact) mass is 391 g/mol. The van der Waals surface area contributed by atoms with Crippen LogP contribution in [0.1, 0.15) is 33.3 Å². The Labute approximate surface area is 163 Å². The molecule has 0 aliphatic carbocycles. The maximum absolute atomic E-state index is 12.2. The summed E-state index contributed by atoms with van der Waals surface area (Å²) >= 11 is 1.45. The second-order valence-electron chi connectivity index (χ2n) is 5.92. The molecule has 2 heterocycles. The maximum Gasteiger partial charge on any atom is 0.251 e. The second kappa shape index (κ2) is 8.98. The molecule has 26 heavy (non-hydrogen) atoms. The lowest BCUT2D eigenvalue weighted by molar-refractivity contribution is -0.111. The summed E-state index contributed by atoms with van der Waals surface area (Å²) in [6.45, 7) is 4.78. The van der Waals surface area contributed by atoms with Gasteiger partial charge < -0.3 is 11.1 Å². The number of nitrogens with zero attached hydrogens (tertiary/aromatic N) is 1. The van der Waals surface area contributed by atoms with E-state index in [1.165, 1.54) is 17.4 Å². The first-order valence-electron chi connectivity index (χ1n) is 8.29. The molecule has 0 atom stereocenters. The number of nitrogens with one attached hydrogen (secondary N) is 1. The van der Waals surface area contributed by atoms with Gasteiger partial charge >= 0.3 is 0 Å². The minimum atomic E-state index is -0.482. The molecule has 0 saturated carbocycles. The normalized spacial score (nSPS) is 13.9. The molecule has 0 bridgehead atoms. The molecule has 0 spiro atoms. The average Bonchev–Trinajstić information content (AvgIpc) is 2.97. The SMILES string of the molecule is CCN1CCc2c(sc(NC(=O)C=Cc3ccccc3)c2C(N)=O)C1.Cl. The van der Waals surface area contributed by atoms with E-state index in [-0.39, 0.29) is 18.3 Å². The highest BCUT2D eigenvalue weighted by Crippen LogP contribution is 2.36. The molecule has 2 aromatic rings. The number of primary amides is 1. The number of amides is 2. The lowest BCUT2D eigenvalue weighted by Crippen LogP contribution is -2.30. The fourth-order valence-electron chi connectivity index (χ4n) is 2.96. The molecule has 3 N–H and O–H groups in total. The highest BCUT2D eigenvalue weighted by atomic mass is 35.5. The van der Waals surface area contributed by atoms with Crippen LogP contribution in [0.4, 0.5) is 5.00 Å². The Morgan fingerprint density at radius 3 is 2.69 bits per heavy atom. The number of anilines is 1. The number of halogens is 1. The van der Waals surface area contributed by atoms with E-state index in [9.17, 15) is 9.59 Å². The zero-order chi connectivity index (χ0) is 17.8. The number of nitrogens with two attached hydrogens (primary N) is 1. The maximum atomic E-state index is 12.2. The van der Waals surface area contributed by atoms with Gasteiger partial charge in [-0.25, -0.2) is 0 Å². The smallest absolute Gasteiger partial charge is 0.251 e. The Kier molecular flexibility index (Phi) is 6.97. The second-order valence-corrected chi connectivity index (χ2v) is 7.03. The zero-order valence-corrected chi connectivity index (χ0v) is 16.2. The van der Waals surface area contributed by atoms with E-state index in [2.05, 4.69) is 17.1 Å². The topological polar surface area (TPSA) is 75.4 Å². The van der Waals surface area contributed by atoms with Gasteiger partial charge in [-0.15, -0.1) is 23.7 Å². The van der Waals surface area contributed by atoms with Crippen molar-refractivity contribution in [2.75, 3.05) is 18.4 Å². The van der Waals surface area contributed by atoms with Gasteiger partial charge in [-0.05, 0) is 30.2 Å². The molecule has 2 amide bonds. The number of benzene rings is 1. The molecule has 1 aliphatic heterocycles. The number of hydrogen-bond donors (Lipinski definition) is 2. The third kappa shape index (κ3) is 4.52. The van der Waals surface area contributed by atoms with Crippen molar-refractivity contribution in [2.24, 2.45) is 5.73 Å². The highest BCUT2D eigenvalue weighted by Gasteiger charge is 2.26. The van der Waals surface area contributed by atoms with E-state index < -0.39 is 5.91 Å². The van der Waals surface area contributed by atoms with Crippen LogP contribution in [0.2, 0.25) is 0 Å². The van der Waals surface area contributed by atoms with Gasteiger partial charge in [0.25, 0.3) is 5.91 Å². The number of thiophene rings is 1. The van der Waals surface area contributed by atoms with Gasteiger partial charge in [0.05, 0.1) is 5.56 Å². The summed E-state index contributed by atoms with van der Waals surface area (Å²) in [5.74, 6) is -0.748. The van der Waals surface area contributed by atoms with Crippen LogP contribution in [0.15, 0.2) is 36.4 Å². The fourth-order valence-corrected chi connectivity index (χ4v) is 4.26. The third-order valence-electron chi connectivity index (χ3n) is 4.29. The van der Waals surface area contributed by atoms with E-state index in [0.717, 1.165) is 42.1 Å². The molecule has 0 radical (unpaired) electrons. The first-order valence-corrected chi connectivity index (χ1v) is 9.11. The number of likely N-dealkylation sites (N-methyl/N-ethyl adjacent to an activating group) is 1. The van der Waals surface area contributed by atoms with Gasteiger partial charge in [-0.3, -0.25) is 14.5 Å². The zero-order valence-electron chi connectivity index (χ0n) is 14.5. The number of carbonyl (C=O) groups excluding carboxylic acids is 2. The summed E-state index contributed by atoms with van der Waals surface area (Å²) in [6, 6.07) is 9.58. The van der Waals surface area contributed by atoms with E-state index in [1.54, 1.807) is 6.08 Å². The Balaban J connectivity index is 0.00000243. The fraction of sp³-hybridized carbons (Fsp3) is 0.263. The molecule has 5 nitrogen and oxygen atoms in total. The number of carbonyl (C=O) groups is 2. The summed E-state index contributed by atoms with van der Waals surface area (Å²) in [4.78, 5) is 27.6. The largest absolute Gasteiger partial charge is 0.365 e. The lowest BCUT2D eigenvalue weighted by Gasteiger charge is -2.25. The third-order valence-corrected chi connectivity index (χ3v) is 5.43. The summed E-state index contributed by atoms with van der Waals surface area (Å²) < 4.78 is 0. The van der Waals surface area contributed by atoms with Crippen molar-refractivity contribution >= 4 is 46.6 Å². The Morgan fingerprint density at radius 1 is 1.31 bits per heavy atom. The summed E-state index contributed by atoms with van der Waals surface area (Å²) in [7, 11) is 0. The van der Waals surface area contributed by atoms with Gasteiger partial charge in [0, 0.05) is 24.0 Å². The van der Waals surface area contributed by atoms with Crippen LogP contribution in [0.25, 0.3) is 6.08 Å². The summed E-state index contributed by atoms with van der Waals surface area (Å²) in [5, 5.41) is 3.38. The molecule has 1 aromatic heterocycles. The molecular weight excluding hydrogens is 370 g/mol. The van der Waals surface area contributed by atoms with Crippen molar-refractivity contribution in [3.63, 3.8) is 0 Å². The average molecular weight is 392 g/mol. The minimum absolute atomic E-state index is 0. The van der Waals surface area contributed by atoms with Crippen LogP contribution in [-0.4, -0.2) is 29.8 Å². The van der Waals surface area contributed by atoms with Crippen LogP contribution in [-0.2, 0) is 17.8 Å². The van der Waals surface area contributed by atoms with Gasteiger partial charge in [-0.2, -0.15) is 0 Å². The van der Waals surface area contributed by atoms with Gasteiger partial charge in [0.2, 0.25) is 5.91 Å². The van der Waals surface area contributed by atoms with Crippen molar-refractivity contribution in [3.05, 3.63) is 58.0 Å². The van der Waals surface area contributed by atoms with E-state index in [4.69, 9.17) is 5.73 Å². The molecule has 1 aromatic carbocycles. The summed E-state index contributed by atoms with van der Waals surface area (Å²) in [6.07, 6.45) is 4.00. The number of rotatable bonds is 5. The van der Waals surface area contributed by atoms with Crippen molar-refractivity contribution < 1.29 is 9.59 Å². The minimum Gasteiger partial charge on any atom is -0.365 e. The van der Waals surface area contributed by atoms with Crippen LogP contribution in [0.5, 0.6) is 0 Å². The Hall–Kier alpha value is -2.15. The van der Waals surface area contributed by atoms with E-state index in [0.29, 0.717) is 10.6 Å². The molecule has 7 heteroatoms. The lowest BCUT2D eigenvalue weighted by atomic mass is 10.0. The van der Waals surface area contributed by atoms with E-state index in [1.807, 2.05) is 30.3 Å². The van der Waals surface area contributed by atoms with Gasteiger partial charge in [0.1, 0.15) is 5.00 Å². The van der Waals surface area contributed by atoms with Crippen LogP contribution >= 0.6 is 23.7 Å². The van der Waals surface area contributed by atoms with Crippen molar-refractivity contribution in [1.82, 2.24) is 4.90 Å². The number of fused-ring (bicyclic) bond motifs is 1. The van der Waals surface area contributed by atoms with Crippen LogP contribution in [0.3, 0.4) is 0 Å². The highest BCUT2D eigenvalue weighted by molar-refractivity contribution is 7.17. The molecule has 138 valence electrons. The predicted molar refractivity (Wildman–Crippen MR) is 109 cm³/mol. The van der Waals surface area contributed by atoms with Crippen LogP contribution in [0, 0.1) is 0 Å². The first kappa shape index (κ1) is 20.2. The van der Waals surface area contributed by atoms with Crippen molar-refractivity contribution in [2.45, 2.75) is 19.9 Å². The molecule has 0 saturated heterocycles. The van der Waals surface area contributed by atoms with Crippen molar-refractivity contribution in [1.29, 1.82) is 0 Å². The molecule has 0 unspecified atom stereocenters. The Morgan fingerprint density at radius 2 is 2.04 bits per heavy atom. The van der Waals surface area contributed by atoms with Gasteiger partial charge in [0.15, 0.2) is 0 Å². The standard InChI is InChI=1S/C19H21N3O2S.ClH/c1-2-22-11-10-14-15(12-22)25-19(17(14)18(20)24)21-16(23)9-8-13-6-4-3-5-7-13;/h3-9H,2,10-12H2,1H3,(H2,20,24)(H,21,23);1H. The van der Waals surface area contributed by atoms with Gasteiger partial charge in [-0.1, -0.05) is 37.3 Å². The predicted octanol–water partition coefficient (Wildman–Crippen LogP) is 3.30. The Bertz CT molecular complexity index is 818.